The maximum Gasteiger partial charge on any atom is 0.351 e. The number of hydrogen-bond acceptors (Lipinski definition) is 5. The molecule has 0 aliphatic rings. The monoisotopic (exact) mass is 236 g/mol. The van der Waals surface area contributed by atoms with E-state index < -0.39 is 17.2 Å². The number of thiophene rings is 1. The fourth-order valence-electron chi connectivity index (χ4n) is 1.19. The van der Waals surface area contributed by atoms with Crippen molar-refractivity contribution in [3.05, 3.63) is 28.1 Å². The van der Waals surface area contributed by atoms with Crippen LogP contribution < -0.4 is 10.4 Å². The number of rotatable bonds is 3. The molecule has 0 fully saturated rings. The molecular weight excluding hydrogens is 231 g/mol. The topological polar surface area (TPSA) is 76.7 Å². The Bertz CT molecular complexity index is 599. The van der Waals surface area contributed by atoms with E-state index in [1.54, 1.807) is 0 Å². The first-order valence-corrected chi connectivity index (χ1v) is 5.07. The van der Waals surface area contributed by atoms with Crippen molar-refractivity contribution in [1.82, 2.24) is 0 Å². The van der Waals surface area contributed by atoms with Gasteiger partial charge in [0.2, 0.25) is 0 Å². The van der Waals surface area contributed by atoms with E-state index in [9.17, 15) is 9.59 Å². The second kappa shape index (κ2) is 4.01. The van der Waals surface area contributed by atoms with Gasteiger partial charge in [-0.25, -0.2) is 9.59 Å². The predicted molar refractivity (Wildman–Crippen MR) is 58.6 cm³/mol. The van der Waals surface area contributed by atoms with Gasteiger partial charge in [-0.3, -0.25) is 0 Å². The van der Waals surface area contributed by atoms with E-state index in [1.807, 2.05) is 0 Å². The van der Waals surface area contributed by atoms with Gasteiger partial charge in [0.1, 0.15) is 13.4 Å². The third kappa shape index (κ3) is 1.81. The smallest absolute Gasteiger partial charge is 0.351 e. The zero-order valence-electron chi connectivity index (χ0n) is 7.93. The molecule has 0 aliphatic heterocycles. The van der Waals surface area contributed by atoms with E-state index >= 15 is 0 Å². The highest BCUT2D eigenvalue weighted by atomic mass is 32.1. The minimum absolute atomic E-state index is 0.00282. The van der Waals surface area contributed by atoms with Gasteiger partial charge in [-0.2, -0.15) is 0 Å². The SMILES string of the molecule is [B]COc1cc2oc(=O)c(C(=O)O)cc2s1. The fourth-order valence-corrected chi connectivity index (χ4v) is 2.08. The highest BCUT2D eigenvalue weighted by molar-refractivity contribution is 7.20. The van der Waals surface area contributed by atoms with Gasteiger partial charge >= 0.3 is 11.6 Å². The summed E-state index contributed by atoms with van der Waals surface area (Å²) in [5, 5.41) is 9.20. The molecule has 0 spiro atoms. The van der Waals surface area contributed by atoms with Crippen molar-refractivity contribution in [1.29, 1.82) is 0 Å². The van der Waals surface area contributed by atoms with Crippen LogP contribution in [0.3, 0.4) is 0 Å². The standard InChI is InChI=1S/C9H5BO5S/c10-3-14-7-2-5-6(16-7)1-4(8(11)12)9(13)15-5/h1-2H,3H2,(H,11,12). The largest absolute Gasteiger partial charge is 0.494 e. The summed E-state index contributed by atoms with van der Waals surface area (Å²) in [5.41, 5.74) is -0.978. The lowest BCUT2D eigenvalue weighted by atomic mass is 10.2. The summed E-state index contributed by atoms with van der Waals surface area (Å²) >= 11 is 1.16. The van der Waals surface area contributed by atoms with E-state index in [0.717, 1.165) is 11.3 Å². The van der Waals surface area contributed by atoms with Crippen LogP contribution in [0.5, 0.6) is 5.06 Å². The van der Waals surface area contributed by atoms with Crippen molar-refractivity contribution in [2.45, 2.75) is 0 Å². The Kier molecular flexibility index (Phi) is 2.70. The Morgan fingerprint density at radius 2 is 2.31 bits per heavy atom. The minimum atomic E-state index is -1.31. The van der Waals surface area contributed by atoms with Crippen LogP contribution in [-0.4, -0.2) is 25.4 Å². The first-order valence-electron chi connectivity index (χ1n) is 4.25. The zero-order valence-corrected chi connectivity index (χ0v) is 8.74. The molecule has 1 N–H and O–H groups in total. The second-order valence-electron chi connectivity index (χ2n) is 2.86. The van der Waals surface area contributed by atoms with Gasteiger partial charge in [-0.15, -0.1) is 0 Å². The molecule has 0 saturated carbocycles. The van der Waals surface area contributed by atoms with E-state index in [4.69, 9.17) is 22.1 Å². The number of ether oxygens (including phenoxy) is 1. The van der Waals surface area contributed by atoms with Crippen molar-refractivity contribution >= 4 is 35.4 Å². The lowest BCUT2D eigenvalue weighted by Gasteiger charge is -1.94. The van der Waals surface area contributed by atoms with Crippen LogP contribution in [0, 0.1) is 0 Å². The quantitative estimate of drug-likeness (QED) is 0.806. The molecule has 80 valence electrons. The molecule has 2 aromatic rings. The third-order valence-corrected chi connectivity index (χ3v) is 2.83. The molecular formula is C9H5BO5S. The van der Waals surface area contributed by atoms with Crippen molar-refractivity contribution < 1.29 is 19.1 Å². The highest BCUT2D eigenvalue weighted by Gasteiger charge is 2.14. The lowest BCUT2D eigenvalue weighted by molar-refractivity contribution is 0.0692. The van der Waals surface area contributed by atoms with E-state index in [-0.39, 0.29) is 6.51 Å². The molecule has 0 aromatic carbocycles. The van der Waals surface area contributed by atoms with Crippen LogP contribution in [0.4, 0.5) is 0 Å². The summed E-state index contributed by atoms with van der Waals surface area (Å²) in [4.78, 5) is 21.9. The van der Waals surface area contributed by atoms with Crippen LogP contribution in [-0.2, 0) is 0 Å². The zero-order chi connectivity index (χ0) is 11.7. The van der Waals surface area contributed by atoms with Crippen molar-refractivity contribution in [3.63, 3.8) is 0 Å². The number of carboxylic acid groups (broad SMARTS) is 1. The first kappa shape index (κ1) is 10.8. The van der Waals surface area contributed by atoms with Crippen LogP contribution in [0.2, 0.25) is 0 Å². The Hall–Kier alpha value is -1.76. The fraction of sp³-hybridized carbons (Fsp3) is 0.111. The van der Waals surface area contributed by atoms with Crippen LogP contribution >= 0.6 is 11.3 Å². The summed E-state index contributed by atoms with van der Waals surface area (Å²) in [6.07, 6.45) is 0. The average molecular weight is 236 g/mol. The van der Waals surface area contributed by atoms with Gasteiger partial charge in [-0.1, -0.05) is 11.3 Å². The Labute approximate surface area is 94.7 Å². The van der Waals surface area contributed by atoms with Crippen LogP contribution in [0.25, 0.3) is 10.3 Å². The van der Waals surface area contributed by atoms with Gasteiger partial charge in [0.15, 0.2) is 10.6 Å². The molecule has 16 heavy (non-hydrogen) atoms. The first-order chi connectivity index (χ1) is 7.61. The summed E-state index contributed by atoms with van der Waals surface area (Å²) in [6.45, 7) is 0.00282. The summed E-state index contributed by atoms with van der Waals surface area (Å²) < 4.78 is 10.4. The van der Waals surface area contributed by atoms with Crippen molar-refractivity contribution in [2.24, 2.45) is 0 Å². The molecule has 0 saturated heterocycles. The normalized spacial score (nSPS) is 10.5. The molecule has 2 rings (SSSR count). The summed E-state index contributed by atoms with van der Waals surface area (Å²) in [5.74, 6) is -1.31. The summed E-state index contributed by atoms with van der Waals surface area (Å²) in [6, 6.07) is 2.76. The van der Waals surface area contributed by atoms with Gasteiger partial charge in [-0.05, 0) is 6.07 Å². The van der Waals surface area contributed by atoms with Crippen LogP contribution in [0.1, 0.15) is 10.4 Å². The number of carbonyl (C=O) groups is 1. The summed E-state index contributed by atoms with van der Waals surface area (Å²) in [7, 11) is 5.19. The molecule has 2 heterocycles. The molecule has 7 heteroatoms. The molecule has 2 aromatic heterocycles. The average Bonchev–Trinajstić information content (AvgIpc) is 2.58. The molecule has 0 atom stereocenters. The third-order valence-electron chi connectivity index (χ3n) is 1.86. The molecule has 0 aliphatic carbocycles. The van der Waals surface area contributed by atoms with Crippen LogP contribution in [0.15, 0.2) is 21.3 Å². The van der Waals surface area contributed by atoms with E-state index in [0.29, 0.717) is 15.3 Å². The van der Waals surface area contributed by atoms with Gasteiger partial charge in [0, 0.05) is 12.6 Å². The number of aromatic carboxylic acids is 1. The second-order valence-corrected chi connectivity index (χ2v) is 3.90. The van der Waals surface area contributed by atoms with Gasteiger partial charge in [0.05, 0.1) is 4.70 Å². The Balaban J connectivity index is 2.61. The molecule has 0 bridgehead atoms. The number of fused-ring (bicyclic) bond motifs is 1. The number of carboxylic acids is 1. The Morgan fingerprint density at radius 1 is 1.56 bits per heavy atom. The van der Waals surface area contributed by atoms with Crippen molar-refractivity contribution in [3.8, 4) is 5.06 Å². The van der Waals surface area contributed by atoms with E-state index in [2.05, 4.69) is 0 Å². The maximum absolute atomic E-state index is 11.2. The van der Waals surface area contributed by atoms with Gasteiger partial charge in [0.25, 0.3) is 0 Å². The van der Waals surface area contributed by atoms with Crippen molar-refractivity contribution in [2.75, 3.05) is 6.51 Å². The maximum atomic E-state index is 11.2. The highest BCUT2D eigenvalue weighted by Crippen LogP contribution is 2.31. The Morgan fingerprint density at radius 3 is 2.94 bits per heavy atom. The van der Waals surface area contributed by atoms with E-state index in [1.165, 1.54) is 12.1 Å². The van der Waals surface area contributed by atoms with Gasteiger partial charge < -0.3 is 14.3 Å². The number of hydrogen-bond donors (Lipinski definition) is 1. The molecule has 5 nitrogen and oxygen atoms in total. The minimum Gasteiger partial charge on any atom is -0.494 e. The molecule has 0 amide bonds. The predicted octanol–water partition coefficient (Wildman–Crippen LogP) is 1.06. The molecule has 0 unspecified atom stereocenters. The lowest BCUT2D eigenvalue weighted by Crippen LogP contribution is -2.12. The molecule has 2 radical (unpaired) electrons.